The molecule has 35 heavy (non-hydrogen) atoms. The molecular formula is C28H29N5O2. The van der Waals surface area contributed by atoms with E-state index in [1.54, 1.807) is 18.3 Å². The number of nitrogens with zero attached hydrogens (tertiary/aromatic N) is 5. The fourth-order valence-electron chi connectivity index (χ4n) is 3.10. The zero-order valence-corrected chi connectivity index (χ0v) is 20.4. The summed E-state index contributed by atoms with van der Waals surface area (Å²) in [6, 6.07) is 22.6. The summed E-state index contributed by atoms with van der Waals surface area (Å²) in [4.78, 5) is 14.5. The molecule has 7 nitrogen and oxygen atoms in total. The Labute approximate surface area is 206 Å². The molecule has 0 saturated heterocycles. The Kier molecular flexibility index (Phi) is 8.67. The molecule has 3 rings (SSSR count). The molecular weight excluding hydrogens is 438 g/mol. The van der Waals surface area contributed by atoms with Crippen LogP contribution in [0.15, 0.2) is 95.2 Å². The summed E-state index contributed by atoms with van der Waals surface area (Å²) in [5, 5.41) is 19.4. The SMILES string of the molecule is CN(C)c1ccc(/C=C/C(/C=C/c2ccc(N(C)C)cc2)=N/N=C/c2ccc([N+](=O)[O-])cc2)cc1. The van der Waals surface area contributed by atoms with E-state index in [2.05, 4.69) is 44.3 Å². The van der Waals surface area contributed by atoms with Crippen LogP contribution in [0.3, 0.4) is 0 Å². The van der Waals surface area contributed by atoms with Crippen molar-refractivity contribution < 1.29 is 4.92 Å². The van der Waals surface area contributed by atoms with E-state index in [1.165, 1.54) is 12.1 Å². The zero-order chi connectivity index (χ0) is 25.2. The van der Waals surface area contributed by atoms with Gasteiger partial charge in [-0.1, -0.05) is 36.4 Å². The minimum atomic E-state index is -0.428. The quantitative estimate of drug-likeness (QED) is 0.222. The minimum absolute atomic E-state index is 0.0396. The predicted octanol–water partition coefficient (Wildman–Crippen LogP) is 5.93. The van der Waals surface area contributed by atoms with Crippen LogP contribution in [-0.2, 0) is 0 Å². The summed E-state index contributed by atoms with van der Waals surface area (Å²) in [5.74, 6) is 0. The lowest BCUT2D eigenvalue weighted by Crippen LogP contribution is -2.07. The third kappa shape index (κ3) is 7.78. The first kappa shape index (κ1) is 25.1. The molecule has 0 aliphatic heterocycles. The molecule has 0 bridgehead atoms. The van der Waals surface area contributed by atoms with E-state index in [0.29, 0.717) is 5.71 Å². The minimum Gasteiger partial charge on any atom is -0.378 e. The van der Waals surface area contributed by atoms with Crippen LogP contribution in [0.2, 0.25) is 0 Å². The van der Waals surface area contributed by atoms with Gasteiger partial charge in [0.2, 0.25) is 0 Å². The van der Waals surface area contributed by atoms with E-state index in [0.717, 1.165) is 28.1 Å². The topological polar surface area (TPSA) is 74.3 Å². The van der Waals surface area contributed by atoms with Gasteiger partial charge in [0.25, 0.3) is 5.69 Å². The standard InChI is InChI=1S/C28H29N5O2/c1-31(2)26-15-7-22(8-16-26)5-13-25(14-6-23-9-17-27(18-10-23)32(3)4)30-29-21-24-11-19-28(20-12-24)33(34)35/h5-21H,1-4H3/b13-5+,14-6+,29-21+. The number of hydrogen-bond acceptors (Lipinski definition) is 6. The average Bonchev–Trinajstić information content (AvgIpc) is 2.86. The van der Waals surface area contributed by atoms with E-state index >= 15 is 0 Å². The first-order valence-electron chi connectivity index (χ1n) is 11.1. The van der Waals surface area contributed by atoms with Crippen molar-refractivity contribution in [1.82, 2.24) is 0 Å². The van der Waals surface area contributed by atoms with Crippen molar-refractivity contribution in [3.63, 3.8) is 0 Å². The Balaban J connectivity index is 1.82. The van der Waals surface area contributed by atoms with Gasteiger partial charge in [0.15, 0.2) is 0 Å². The summed E-state index contributed by atoms with van der Waals surface area (Å²) >= 11 is 0. The maximum atomic E-state index is 10.8. The molecule has 0 aliphatic carbocycles. The average molecular weight is 468 g/mol. The summed E-state index contributed by atoms with van der Waals surface area (Å²) in [6.07, 6.45) is 9.35. The second-order valence-corrected chi connectivity index (χ2v) is 8.26. The van der Waals surface area contributed by atoms with Gasteiger partial charge in [0.1, 0.15) is 0 Å². The Morgan fingerprint density at radius 1 is 0.714 bits per heavy atom. The van der Waals surface area contributed by atoms with Crippen molar-refractivity contribution in [1.29, 1.82) is 0 Å². The number of non-ortho nitro benzene ring substituents is 1. The molecule has 0 heterocycles. The molecule has 0 atom stereocenters. The maximum absolute atomic E-state index is 10.8. The number of allylic oxidation sites excluding steroid dienone is 2. The second kappa shape index (κ2) is 12.1. The lowest BCUT2D eigenvalue weighted by atomic mass is 10.1. The van der Waals surface area contributed by atoms with Gasteiger partial charge in [-0.3, -0.25) is 10.1 Å². The number of rotatable bonds is 9. The monoisotopic (exact) mass is 467 g/mol. The fraction of sp³-hybridized carbons (Fsp3) is 0.143. The molecule has 0 radical (unpaired) electrons. The lowest BCUT2D eigenvalue weighted by Gasteiger charge is -2.11. The number of nitro groups is 1. The van der Waals surface area contributed by atoms with Crippen LogP contribution < -0.4 is 9.80 Å². The summed E-state index contributed by atoms with van der Waals surface area (Å²) < 4.78 is 0. The van der Waals surface area contributed by atoms with Gasteiger partial charge >= 0.3 is 0 Å². The van der Waals surface area contributed by atoms with Gasteiger partial charge in [-0.15, -0.1) is 0 Å². The van der Waals surface area contributed by atoms with Crippen molar-refractivity contribution in [3.8, 4) is 0 Å². The van der Waals surface area contributed by atoms with Crippen LogP contribution in [0.4, 0.5) is 17.1 Å². The van der Waals surface area contributed by atoms with Crippen LogP contribution in [0.1, 0.15) is 16.7 Å². The highest BCUT2D eigenvalue weighted by molar-refractivity contribution is 6.08. The molecule has 3 aromatic rings. The van der Waals surface area contributed by atoms with Gasteiger partial charge in [-0.05, 0) is 65.2 Å². The molecule has 178 valence electrons. The van der Waals surface area contributed by atoms with E-state index < -0.39 is 4.92 Å². The van der Waals surface area contributed by atoms with Crippen LogP contribution in [-0.4, -0.2) is 45.0 Å². The van der Waals surface area contributed by atoms with E-state index in [9.17, 15) is 10.1 Å². The molecule has 0 saturated carbocycles. The second-order valence-electron chi connectivity index (χ2n) is 8.26. The predicted molar refractivity (Wildman–Crippen MR) is 148 cm³/mol. The zero-order valence-electron chi connectivity index (χ0n) is 20.4. The smallest absolute Gasteiger partial charge is 0.269 e. The van der Waals surface area contributed by atoms with Crippen molar-refractivity contribution in [3.05, 3.63) is 112 Å². The maximum Gasteiger partial charge on any atom is 0.269 e. The molecule has 7 heteroatoms. The summed E-state index contributed by atoms with van der Waals surface area (Å²) in [5.41, 5.74) is 5.78. The Morgan fingerprint density at radius 2 is 1.14 bits per heavy atom. The molecule has 0 aliphatic rings. The lowest BCUT2D eigenvalue weighted by molar-refractivity contribution is -0.384. The van der Waals surface area contributed by atoms with Crippen molar-refractivity contribution in [2.45, 2.75) is 0 Å². The summed E-state index contributed by atoms with van der Waals surface area (Å²) in [6.45, 7) is 0. The van der Waals surface area contributed by atoms with Gasteiger partial charge in [-0.25, -0.2) is 0 Å². The molecule has 0 N–H and O–H groups in total. The summed E-state index contributed by atoms with van der Waals surface area (Å²) in [7, 11) is 8.03. The number of nitro benzene ring substituents is 1. The third-order valence-electron chi connectivity index (χ3n) is 5.20. The first-order chi connectivity index (χ1) is 16.8. The van der Waals surface area contributed by atoms with Gasteiger partial charge in [-0.2, -0.15) is 10.2 Å². The molecule has 0 aromatic heterocycles. The largest absolute Gasteiger partial charge is 0.378 e. The highest BCUT2D eigenvalue weighted by atomic mass is 16.6. The van der Waals surface area contributed by atoms with E-state index in [-0.39, 0.29) is 5.69 Å². The van der Waals surface area contributed by atoms with E-state index in [4.69, 9.17) is 0 Å². The first-order valence-corrected chi connectivity index (χ1v) is 11.1. The number of anilines is 2. The molecule has 0 spiro atoms. The molecule has 0 unspecified atom stereocenters. The van der Waals surface area contributed by atoms with Gasteiger partial charge in [0, 0.05) is 51.7 Å². The normalized spacial score (nSPS) is 11.3. The Hall–Kier alpha value is -4.52. The van der Waals surface area contributed by atoms with Crippen molar-refractivity contribution in [2.75, 3.05) is 38.0 Å². The fourth-order valence-corrected chi connectivity index (χ4v) is 3.10. The van der Waals surface area contributed by atoms with Crippen LogP contribution >= 0.6 is 0 Å². The van der Waals surface area contributed by atoms with Crippen LogP contribution in [0.25, 0.3) is 12.2 Å². The molecule has 3 aromatic carbocycles. The molecule has 0 fully saturated rings. The van der Waals surface area contributed by atoms with Gasteiger partial charge in [0.05, 0.1) is 16.8 Å². The van der Waals surface area contributed by atoms with Crippen molar-refractivity contribution in [2.24, 2.45) is 10.2 Å². The third-order valence-corrected chi connectivity index (χ3v) is 5.20. The Bertz CT molecular complexity index is 1170. The highest BCUT2D eigenvalue weighted by Gasteiger charge is 2.02. The van der Waals surface area contributed by atoms with Crippen molar-refractivity contribution >= 4 is 41.1 Å². The van der Waals surface area contributed by atoms with E-state index in [1.807, 2.05) is 76.8 Å². The number of benzene rings is 3. The van der Waals surface area contributed by atoms with Crippen LogP contribution in [0.5, 0.6) is 0 Å². The molecule has 0 amide bonds. The Morgan fingerprint density at radius 3 is 1.54 bits per heavy atom. The highest BCUT2D eigenvalue weighted by Crippen LogP contribution is 2.15. The van der Waals surface area contributed by atoms with Crippen LogP contribution in [0, 0.1) is 10.1 Å². The van der Waals surface area contributed by atoms with Gasteiger partial charge < -0.3 is 9.80 Å². The number of hydrogen-bond donors (Lipinski definition) is 0.